The lowest BCUT2D eigenvalue weighted by molar-refractivity contribution is 0.102. The number of hydrogen-bond acceptors (Lipinski definition) is 7. The fourth-order valence-corrected chi connectivity index (χ4v) is 4.41. The number of amides is 1. The molecule has 3 aromatic rings. The quantitative estimate of drug-likeness (QED) is 0.730. The molecular weight excluding hydrogens is 372 g/mol. The van der Waals surface area contributed by atoms with Crippen LogP contribution in [0.3, 0.4) is 0 Å². The number of nitrogens with one attached hydrogen (secondary N) is 1. The van der Waals surface area contributed by atoms with E-state index in [4.69, 9.17) is 0 Å². The van der Waals surface area contributed by atoms with E-state index >= 15 is 0 Å². The van der Waals surface area contributed by atoms with E-state index in [1.54, 1.807) is 29.9 Å². The monoisotopic (exact) mass is 394 g/mol. The molecule has 0 aliphatic heterocycles. The maximum atomic E-state index is 13.0. The third kappa shape index (κ3) is 3.73. The third-order valence-corrected chi connectivity index (χ3v) is 5.82. The van der Waals surface area contributed by atoms with Gasteiger partial charge in [-0.3, -0.25) is 15.1 Å². The molecule has 8 heteroatoms. The van der Waals surface area contributed by atoms with Crippen LogP contribution in [0.2, 0.25) is 0 Å². The molecule has 0 fully saturated rings. The molecule has 0 bridgehead atoms. The van der Waals surface area contributed by atoms with Crippen molar-refractivity contribution in [2.45, 2.75) is 26.2 Å². The van der Waals surface area contributed by atoms with E-state index in [0.717, 1.165) is 30.5 Å². The fourth-order valence-electron chi connectivity index (χ4n) is 3.24. The number of carbonyl (C=O) groups is 1. The maximum Gasteiger partial charge on any atom is 0.261 e. The van der Waals surface area contributed by atoms with Crippen LogP contribution in [0.1, 0.15) is 34.3 Å². The van der Waals surface area contributed by atoms with Crippen molar-refractivity contribution >= 4 is 28.3 Å². The highest BCUT2D eigenvalue weighted by molar-refractivity contribution is 7.15. The summed E-state index contributed by atoms with van der Waals surface area (Å²) in [6.45, 7) is 2.26. The first kappa shape index (κ1) is 18.5. The predicted octanol–water partition coefficient (Wildman–Crippen LogP) is 3.44. The van der Waals surface area contributed by atoms with E-state index in [9.17, 15) is 4.79 Å². The van der Waals surface area contributed by atoms with Gasteiger partial charge in [0.05, 0.1) is 17.0 Å². The Morgan fingerprint density at radius 2 is 2.04 bits per heavy atom. The van der Waals surface area contributed by atoms with Gasteiger partial charge in [-0.15, -0.1) is 11.3 Å². The second kappa shape index (κ2) is 7.63. The Morgan fingerprint density at radius 1 is 1.25 bits per heavy atom. The van der Waals surface area contributed by atoms with Gasteiger partial charge in [-0.1, -0.05) is 6.92 Å². The Kier molecular flexibility index (Phi) is 5.04. The van der Waals surface area contributed by atoms with E-state index in [2.05, 4.69) is 32.2 Å². The number of rotatable bonds is 4. The smallest absolute Gasteiger partial charge is 0.261 e. The topological polar surface area (TPSA) is 83.9 Å². The molecule has 3 aromatic heterocycles. The van der Waals surface area contributed by atoms with Crippen LogP contribution in [-0.4, -0.2) is 39.9 Å². The van der Waals surface area contributed by atoms with Gasteiger partial charge >= 0.3 is 0 Å². The van der Waals surface area contributed by atoms with Crippen molar-refractivity contribution < 1.29 is 4.79 Å². The van der Waals surface area contributed by atoms with Gasteiger partial charge in [0.15, 0.2) is 5.13 Å². The number of hydrogen-bond donors (Lipinski definition) is 1. The zero-order chi connectivity index (χ0) is 19.7. The van der Waals surface area contributed by atoms with Gasteiger partial charge in [0.25, 0.3) is 5.91 Å². The highest BCUT2D eigenvalue weighted by atomic mass is 32.1. The van der Waals surface area contributed by atoms with Crippen molar-refractivity contribution in [1.29, 1.82) is 0 Å². The Morgan fingerprint density at radius 3 is 2.79 bits per heavy atom. The van der Waals surface area contributed by atoms with Crippen LogP contribution in [0.5, 0.6) is 0 Å². The molecule has 1 unspecified atom stereocenters. The molecular formula is C20H22N6OS. The fraction of sp³-hybridized carbons (Fsp3) is 0.350. The average Bonchev–Trinajstić information content (AvgIpc) is 3.09. The van der Waals surface area contributed by atoms with Crippen molar-refractivity contribution in [2.24, 2.45) is 5.92 Å². The van der Waals surface area contributed by atoms with Gasteiger partial charge in [-0.2, -0.15) is 0 Å². The predicted molar refractivity (Wildman–Crippen MR) is 111 cm³/mol. The zero-order valence-corrected chi connectivity index (χ0v) is 17.0. The summed E-state index contributed by atoms with van der Waals surface area (Å²) < 4.78 is 0. The van der Waals surface area contributed by atoms with Crippen LogP contribution >= 0.6 is 11.3 Å². The van der Waals surface area contributed by atoms with E-state index in [1.165, 1.54) is 4.88 Å². The summed E-state index contributed by atoms with van der Waals surface area (Å²) in [5.74, 6) is 0.958. The molecule has 4 rings (SSSR count). The standard InChI is InChI=1S/C20H22N6OS/c1-12-4-5-15-16(10-12)28-20(23-15)25-18(27)14-11-22-19(26(2)3)24-17(14)13-6-8-21-9-7-13/h6-9,11-12H,4-5,10H2,1-3H3,(H,23,25,27). The van der Waals surface area contributed by atoms with E-state index in [0.29, 0.717) is 28.3 Å². The van der Waals surface area contributed by atoms with Gasteiger partial charge in [-0.05, 0) is 37.3 Å². The highest BCUT2D eigenvalue weighted by Gasteiger charge is 2.22. The summed E-state index contributed by atoms with van der Waals surface area (Å²) in [5.41, 5.74) is 2.93. The normalized spacial score (nSPS) is 15.8. The molecule has 1 N–H and O–H groups in total. The number of pyridine rings is 1. The van der Waals surface area contributed by atoms with Gasteiger partial charge in [0.1, 0.15) is 0 Å². The number of aromatic nitrogens is 4. The summed E-state index contributed by atoms with van der Waals surface area (Å²) in [7, 11) is 3.74. The lowest BCUT2D eigenvalue weighted by Crippen LogP contribution is -2.18. The highest BCUT2D eigenvalue weighted by Crippen LogP contribution is 2.32. The Balaban J connectivity index is 1.66. The molecule has 3 heterocycles. The summed E-state index contributed by atoms with van der Waals surface area (Å²) in [6.07, 6.45) is 8.10. The van der Waals surface area contributed by atoms with Gasteiger partial charge in [-0.25, -0.2) is 15.0 Å². The van der Waals surface area contributed by atoms with E-state index in [-0.39, 0.29) is 5.91 Å². The largest absolute Gasteiger partial charge is 0.347 e. The Bertz CT molecular complexity index is 1000. The molecule has 7 nitrogen and oxygen atoms in total. The number of fused-ring (bicyclic) bond motifs is 1. The van der Waals surface area contributed by atoms with Crippen molar-refractivity contribution in [1.82, 2.24) is 19.9 Å². The summed E-state index contributed by atoms with van der Waals surface area (Å²) in [4.78, 5) is 33.7. The Hall–Kier alpha value is -2.87. The second-order valence-electron chi connectivity index (χ2n) is 7.25. The lowest BCUT2D eigenvalue weighted by Gasteiger charge is -2.15. The first-order valence-corrected chi connectivity index (χ1v) is 10.1. The van der Waals surface area contributed by atoms with Gasteiger partial charge in [0, 0.05) is 43.1 Å². The molecule has 0 aromatic carbocycles. The van der Waals surface area contributed by atoms with Crippen LogP contribution in [-0.2, 0) is 12.8 Å². The molecule has 28 heavy (non-hydrogen) atoms. The summed E-state index contributed by atoms with van der Waals surface area (Å²) in [5, 5.41) is 3.59. The van der Waals surface area contributed by atoms with Crippen LogP contribution in [0.4, 0.5) is 11.1 Å². The number of carbonyl (C=O) groups excluding carboxylic acids is 1. The van der Waals surface area contributed by atoms with Gasteiger partial charge < -0.3 is 4.90 Å². The third-order valence-electron chi connectivity index (χ3n) is 4.78. The number of thiazole rings is 1. The molecule has 1 atom stereocenters. The molecule has 144 valence electrons. The average molecular weight is 395 g/mol. The molecule has 0 saturated heterocycles. The minimum absolute atomic E-state index is 0.253. The summed E-state index contributed by atoms with van der Waals surface area (Å²) >= 11 is 1.57. The molecule has 1 aliphatic rings. The van der Waals surface area contributed by atoms with Crippen LogP contribution in [0, 0.1) is 5.92 Å². The second-order valence-corrected chi connectivity index (χ2v) is 8.34. The minimum Gasteiger partial charge on any atom is -0.347 e. The van der Waals surface area contributed by atoms with Crippen molar-refractivity contribution in [2.75, 3.05) is 24.3 Å². The molecule has 1 amide bonds. The van der Waals surface area contributed by atoms with Crippen LogP contribution < -0.4 is 10.2 Å². The maximum absolute atomic E-state index is 13.0. The van der Waals surface area contributed by atoms with Crippen molar-refractivity contribution in [3.05, 3.63) is 46.9 Å². The van der Waals surface area contributed by atoms with Crippen molar-refractivity contribution in [3.63, 3.8) is 0 Å². The number of anilines is 2. The Labute approximate surface area is 167 Å². The van der Waals surface area contributed by atoms with Crippen molar-refractivity contribution in [3.8, 4) is 11.3 Å². The van der Waals surface area contributed by atoms with E-state index < -0.39 is 0 Å². The molecule has 1 aliphatic carbocycles. The van der Waals surface area contributed by atoms with Crippen LogP contribution in [0.25, 0.3) is 11.3 Å². The molecule has 0 spiro atoms. The lowest BCUT2D eigenvalue weighted by atomic mass is 9.93. The summed E-state index contributed by atoms with van der Waals surface area (Å²) in [6, 6.07) is 3.67. The SMILES string of the molecule is CC1CCc2nc(NC(=O)c3cnc(N(C)C)nc3-c3ccncc3)sc2C1. The first-order valence-electron chi connectivity index (χ1n) is 9.26. The molecule has 0 radical (unpaired) electrons. The number of aryl methyl sites for hydroxylation is 1. The first-order chi connectivity index (χ1) is 13.5. The minimum atomic E-state index is -0.253. The van der Waals surface area contributed by atoms with E-state index in [1.807, 2.05) is 31.1 Å². The number of nitrogens with zero attached hydrogens (tertiary/aromatic N) is 5. The molecule has 0 saturated carbocycles. The zero-order valence-electron chi connectivity index (χ0n) is 16.1. The van der Waals surface area contributed by atoms with Crippen LogP contribution in [0.15, 0.2) is 30.7 Å². The van der Waals surface area contributed by atoms with Gasteiger partial charge in [0.2, 0.25) is 5.95 Å².